The average Bonchev–Trinajstić information content (AvgIpc) is 2.81. The molecule has 0 saturated carbocycles. The standard InChI is InChI=1S/C12H11BrN2O2S/c1-15(7-9-3-2-4-18-9)11-10(12(16)17)5-8(13)6-14-11/h2-6H,7H2,1H3,(H,16,17). The van der Waals surface area contributed by atoms with Gasteiger partial charge in [0.15, 0.2) is 0 Å². The molecule has 2 heterocycles. The molecule has 2 aromatic rings. The van der Waals surface area contributed by atoms with E-state index in [4.69, 9.17) is 0 Å². The van der Waals surface area contributed by atoms with E-state index in [9.17, 15) is 9.90 Å². The maximum Gasteiger partial charge on any atom is 0.339 e. The lowest BCUT2D eigenvalue weighted by Gasteiger charge is -2.19. The van der Waals surface area contributed by atoms with Crippen LogP contribution in [0.5, 0.6) is 0 Å². The number of carboxylic acid groups (broad SMARTS) is 1. The molecule has 6 heteroatoms. The molecule has 4 nitrogen and oxygen atoms in total. The molecule has 2 aromatic heterocycles. The summed E-state index contributed by atoms with van der Waals surface area (Å²) in [6.07, 6.45) is 1.60. The van der Waals surface area contributed by atoms with Crippen LogP contribution in [0.2, 0.25) is 0 Å². The van der Waals surface area contributed by atoms with Crippen molar-refractivity contribution >= 4 is 39.1 Å². The van der Waals surface area contributed by atoms with E-state index in [1.54, 1.807) is 23.6 Å². The van der Waals surface area contributed by atoms with E-state index in [1.807, 2.05) is 29.5 Å². The normalized spacial score (nSPS) is 10.3. The largest absolute Gasteiger partial charge is 0.478 e. The quantitative estimate of drug-likeness (QED) is 0.937. The molecular weight excluding hydrogens is 316 g/mol. The minimum absolute atomic E-state index is 0.198. The Morgan fingerprint density at radius 2 is 2.39 bits per heavy atom. The Kier molecular flexibility index (Phi) is 3.98. The first-order valence-corrected chi connectivity index (χ1v) is 6.87. The van der Waals surface area contributed by atoms with Crippen LogP contribution in [0.1, 0.15) is 15.2 Å². The Balaban J connectivity index is 2.29. The van der Waals surface area contributed by atoms with Gasteiger partial charge in [-0.1, -0.05) is 6.07 Å². The molecule has 0 unspecified atom stereocenters. The van der Waals surface area contributed by atoms with Crippen LogP contribution in [0.4, 0.5) is 5.82 Å². The predicted molar refractivity (Wildman–Crippen MR) is 75.3 cm³/mol. The average molecular weight is 327 g/mol. The first kappa shape index (κ1) is 13.0. The van der Waals surface area contributed by atoms with Gasteiger partial charge in [0.1, 0.15) is 11.4 Å². The highest BCUT2D eigenvalue weighted by molar-refractivity contribution is 9.10. The summed E-state index contributed by atoms with van der Waals surface area (Å²) < 4.78 is 0.660. The topological polar surface area (TPSA) is 53.4 Å². The van der Waals surface area contributed by atoms with Gasteiger partial charge < -0.3 is 10.0 Å². The molecule has 0 bridgehead atoms. The Hall–Kier alpha value is -1.40. The number of aromatic nitrogens is 1. The van der Waals surface area contributed by atoms with Crippen LogP contribution in [-0.2, 0) is 6.54 Å². The van der Waals surface area contributed by atoms with Crippen LogP contribution < -0.4 is 4.90 Å². The van der Waals surface area contributed by atoms with Gasteiger partial charge in [0.05, 0.1) is 6.54 Å². The molecule has 0 aliphatic carbocycles. The van der Waals surface area contributed by atoms with Crippen LogP contribution in [0.15, 0.2) is 34.2 Å². The number of halogens is 1. The Bertz CT molecular complexity index is 557. The molecule has 0 radical (unpaired) electrons. The van der Waals surface area contributed by atoms with E-state index in [-0.39, 0.29) is 5.56 Å². The molecule has 18 heavy (non-hydrogen) atoms. The summed E-state index contributed by atoms with van der Waals surface area (Å²) in [5, 5.41) is 11.2. The Labute approximate surface area is 117 Å². The van der Waals surface area contributed by atoms with Crippen LogP contribution in [0, 0.1) is 0 Å². The highest BCUT2D eigenvalue weighted by Crippen LogP contribution is 2.23. The van der Waals surface area contributed by atoms with Gasteiger partial charge in [0.25, 0.3) is 0 Å². The number of rotatable bonds is 4. The number of carboxylic acids is 1. The zero-order valence-corrected chi connectivity index (χ0v) is 12.0. The van der Waals surface area contributed by atoms with E-state index in [2.05, 4.69) is 20.9 Å². The molecule has 0 saturated heterocycles. The molecule has 1 N–H and O–H groups in total. The first-order valence-electron chi connectivity index (χ1n) is 5.20. The van der Waals surface area contributed by atoms with E-state index in [1.165, 1.54) is 4.88 Å². The van der Waals surface area contributed by atoms with Gasteiger partial charge in [0, 0.05) is 22.6 Å². The van der Waals surface area contributed by atoms with Crippen molar-refractivity contribution in [3.63, 3.8) is 0 Å². The number of hydrogen-bond acceptors (Lipinski definition) is 4. The van der Waals surface area contributed by atoms with Gasteiger partial charge in [-0.2, -0.15) is 0 Å². The lowest BCUT2D eigenvalue weighted by Crippen LogP contribution is -2.20. The summed E-state index contributed by atoms with van der Waals surface area (Å²) in [4.78, 5) is 18.4. The lowest BCUT2D eigenvalue weighted by atomic mass is 10.2. The van der Waals surface area contributed by atoms with E-state index in [0.29, 0.717) is 16.8 Å². The minimum atomic E-state index is -0.975. The smallest absolute Gasteiger partial charge is 0.339 e. The molecule has 0 aliphatic rings. The fourth-order valence-corrected chi connectivity index (χ4v) is 2.69. The molecule has 0 fully saturated rings. The molecule has 0 atom stereocenters. The van der Waals surface area contributed by atoms with Gasteiger partial charge in [0.2, 0.25) is 0 Å². The third-order valence-electron chi connectivity index (χ3n) is 2.40. The molecule has 0 amide bonds. The summed E-state index contributed by atoms with van der Waals surface area (Å²) in [6, 6.07) is 5.55. The van der Waals surface area contributed by atoms with E-state index < -0.39 is 5.97 Å². The van der Waals surface area contributed by atoms with Crippen molar-refractivity contribution in [1.82, 2.24) is 4.98 Å². The number of hydrogen-bond donors (Lipinski definition) is 1. The number of anilines is 1. The first-order chi connectivity index (χ1) is 8.58. The van der Waals surface area contributed by atoms with Crippen LogP contribution in [0.3, 0.4) is 0 Å². The van der Waals surface area contributed by atoms with Crippen molar-refractivity contribution in [1.29, 1.82) is 0 Å². The third kappa shape index (κ3) is 2.88. The summed E-state index contributed by atoms with van der Waals surface area (Å²) >= 11 is 4.87. The summed E-state index contributed by atoms with van der Waals surface area (Å²) in [7, 11) is 1.84. The van der Waals surface area contributed by atoms with Crippen molar-refractivity contribution in [2.75, 3.05) is 11.9 Å². The summed E-state index contributed by atoms with van der Waals surface area (Å²) in [5.74, 6) is -0.504. The number of pyridine rings is 1. The lowest BCUT2D eigenvalue weighted by molar-refractivity contribution is 0.0697. The Morgan fingerprint density at radius 3 is 3.00 bits per heavy atom. The minimum Gasteiger partial charge on any atom is -0.478 e. The molecule has 0 aromatic carbocycles. The predicted octanol–water partition coefficient (Wildman–Crippen LogP) is 3.24. The highest BCUT2D eigenvalue weighted by atomic mass is 79.9. The molecule has 94 valence electrons. The molecular formula is C12H11BrN2O2S. The molecule has 0 spiro atoms. The van der Waals surface area contributed by atoms with Gasteiger partial charge in [-0.05, 0) is 33.4 Å². The zero-order chi connectivity index (χ0) is 13.1. The number of aromatic carboxylic acids is 1. The molecule has 2 rings (SSSR count). The Morgan fingerprint density at radius 1 is 1.61 bits per heavy atom. The van der Waals surface area contributed by atoms with Crippen LogP contribution >= 0.6 is 27.3 Å². The number of nitrogens with zero attached hydrogens (tertiary/aromatic N) is 2. The highest BCUT2D eigenvalue weighted by Gasteiger charge is 2.16. The van der Waals surface area contributed by atoms with Gasteiger partial charge in [-0.25, -0.2) is 9.78 Å². The van der Waals surface area contributed by atoms with Crippen molar-refractivity contribution in [3.05, 3.63) is 44.7 Å². The second-order valence-electron chi connectivity index (χ2n) is 3.77. The van der Waals surface area contributed by atoms with Crippen molar-refractivity contribution in [2.24, 2.45) is 0 Å². The van der Waals surface area contributed by atoms with Gasteiger partial charge >= 0.3 is 5.97 Å². The monoisotopic (exact) mass is 326 g/mol. The molecule has 0 aliphatic heterocycles. The number of carbonyl (C=O) groups is 1. The van der Waals surface area contributed by atoms with Crippen LogP contribution in [-0.4, -0.2) is 23.1 Å². The number of thiophene rings is 1. The van der Waals surface area contributed by atoms with Crippen molar-refractivity contribution in [2.45, 2.75) is 6.54 Å². The fraction of sp³-hybridized carbons (Fsp3) is 0.167. The van der Waals surface area contributed by atoms with Gasteiger partial charge in [-0.15, -0.1) is 11.3 Å². The van der Waals surface area contributed by atoms with Crippen molar-refractivity contribution in [3.8, 4) is 0 Å². The second-order valence-corrected chi connectivity index (χ2v) is 5.71. The fourth-order valence-electron chi connectivity index (χ4n) is 1.60. The van der Waals surface area contributed by atoms with E-state index >= 15 is 0 Å². The van der Waals surface area contributed by atoms with Crippen LogP contribution in [0.25, 0.3) is 0 Å². The third-order valence-corrected chi connectivity index (χ3v) is 3.69. The SMILES string of the molecule is CN(Cc1cccs1)c1ncc(Br)cc1C(=O)O. The van der Waals surface area contributed by atoms with Gasteiger partial charge in [-0.3, -0.25) is 0 Å². The summed E-state index contributed by atoms with van der Waals surface area (Å²) in [6.45, 7) is 0.645. The maximum absolute atomic E-state index is 11.2. The summed E-state index contributed by atoms with van der Waals surface area (Å²) in [5.41, 5.74) is 0.198. The maximum atomic E-state index is 11.2. The zero-order valence-electron chi connectivity index (χ0n) is 9.63. The van der Waals surface area contributed by atoms with Crippen molar-refractivity contribution < 1.29 is 9.90 Å². The second kappa shape index (κ2) is 5.49. The van der Waals surface area contributed by atoms with E-state index in [0.717, 1.165) is 0 Å².